The van der Waals surface area contributed by atoms with Crippen LogP contribution < -0.4 is 10.6 Å². The van der Waals surface area contributed by atoms with Gasteiger partial charge in [0, 0.05) is 18.6 Å². The predicted octanol–water partition coefficient (Wildman–Crippen LogP) is 4.25. The molecule has 2 N–H and O–H groups in total. The van der Waals surface area contributed by atoms with E-state index in [1.165, 1.54) is 0 Å². The molecule has 0 aliphatic rings. The Labute approximate surface area is 116 Å². The number of halogens is 1. The van der Waals surface area contributed by atoms with Gasteiger partial charge in [0.25, 0.3) is 0 Å². The molecule has 0 spiro atoms. The smallest absolute Gasteiger partial charge is 0.146 e. The molecule has 0 aromatic heterocycles. The Balaban J connectivity index is 3.01. The zero-order valence-corrected chi connectivity index (χ0v) is 12.6. The van der Waals surface area contributed by atoms with Crippen molar-refractivity contribution in [2.24, 2.45) is 5.73 Å². The maximum Gasteiger partial charge on any atom is 0.146 e. The summed E-state index contributed by atoms with van der Waals surface area (Å²) in [4.78, 5) is 2.17. The molecule has 2 atom stereocenters. The summed E-state index contributed by atoms with van der Waals surface area (Å²) in [5.74, 6) is -0.161. The van der Waals surface area contributed by atoms with E-state index in [0.29, 0.717) is 11.7 Å². The summed E-state index contributed by atoms with van der Waals surface area (Å²) in [5, 5.41) is 0. The standard InChI is InChI=1S/C16H27FN2/c1-5-7-10-19(12(3)6-2)16-9-8-14(13(4)18)11-15(16)17/h8-9,11-13H,5-7,10,18H2,1-4H3/t12?,13-/m0/s1. The highest BCUT2D eigenvalue weighted by molar-refractivity contribution is 5.50. The Kier molecular flexibility index (Phi) is 6.29. The van der Waals surface area contributed by atoms with Crippen LogP contribution in [0.5, 0.6) is 0 Å². The minimum absolute atomic E-state index is 0.128. The van der Waals surface area contributed by atoms with Gasteiger partial charge in [-0.3, -0.25) is 0 Å². The highest BCUT2D eigenvalue weighted by Crippen LogP contribution is 2.25. The molecular formula is C16H27FN2. The third kappa shape index (κ3) is 4.20. The van der Waals surface area contributed by atoms with Gasteiger partial charge in [0.1, 0.15) is 5.82 Å². The zero-order chi connectivity index (χ0) is 14.4. The van der Waals surface area contributed by atoms with E-state index in [1.807, 2.05) is 19.1 Å². The molecule has 1 aromatic carbocycles. The van der Waals surface area contributed by atoms with Crippen molar-refractivity contribution in [2.75, 3.05) is 11.4 Å². The molecule has 3 heteroatoms. The van der Waals surface area contributed by atoms with Gasteiger partial charge in [0.15, 0.2) is 0 Å². The van der Waals surface area contributed by atoms with Gasteiger partial charge >= 0.3 is 0 Å². The van der Waals surface area contributed by atoms with Crippen molar-refractivity contribution in [1.82, 2.24) is 0 Å². The van der Waals surface area contributed by atoms with Crippen LogP contribution in [0.1, 0.15) is 58.6 Å². The maximum atomic E-state index is 14.3. The summed E-state index contributed by atoms with van der Waals surface area (Å²) in [6.07, 6.45) is 3.21. The molecule has 0 aliphatic carbocycles. The maximum absolute atomic E-state index is 14.3. The van der Waals surface area contributed by atoms with Crippen LogP contribution in [0.15, 0.2) is 18.2 Å². The van der Waals surface area contributed by atoms with Crippen LogP contribution in [0, 0.1) is 5.82 Å². The monoisotopic (exact) mass is 266 g/mol. The van der Waals surface area contributed by atoms with Crippen LogP contribution in [-0.4, -0.2) is 12.6 Å². The fourth-order valence-electron chi connectivity index (χ4n) is 2.17. The van der Waals surface area contributed by atoms with Crippen LogP contribution in [0.4, 0.5) is 10.1 Å². The number of hydrogen-bond acceptors (Lipinski definition) is 2. The van der Waals surface area contributed by atoms with Gasteiger partial charge in [-0.25, -0.2) is 4.39 Å². The van der Waals surface area contributed by atoms with Gasteiger partial charge in [0.05, 0.1) is 5.69 Å². The molecule has 0 aliphatic heterocycles. The van der Waals surface area contributed by atoms with Gasteiger partial charge in [0.2, 0.25) is 0 Å². The van der Waals surface area contributed by atoms with Gasteiger partial charge in [-0.15, -0.1) is 0 Å². The fraction of sp³-hybridized carbons (Fsp3) is 0.625. The normalized spacial score (nSPS) is 14.2. The van der Waals surface area contributed by atoms with E-state index in [2.05, 4.69) is 25.7 Å². The summed E-state index contributed by atoms with van der Waals surface area (Å²) < 4.78 is 14.3. The van der Waals surface area contributed by atoms with Crippen LogP contribution in [0.25, 0.3) is 0 Å². The quantitative estimate of drug-likeness (QED) is 0.799. The molecule has 0 fully saturated rings. The number of nitrogens with zero attached hydrogens (tertiary/aromatic N) is 1. The van der Waals surface area contributed by atoms with Crippen LogP contribution in [0.3, 0.4) is 0 Å². The van der Waals surface area contributed by atoms with Gasteiger partial charge < -0.3 is 10.6 Å². The van der Waals surface area contributed by atoms with E-state index in [9.17, 15) is 4.39 Å². The SMILES string of the molecule is CCCCN(c1ccc([C@H](C)N)cc1F)C(C)CC. The van der Waals surface area contributed by atoms with Crippen molar-refractivity contribution in [3.8, 4) is 0 Å². The van der Waals surface area contributed by atoms with Crippen molar-refractivity contribution in [1.29, 1.82) is 0 Å². The molecule has 19 heavy (non-hydrogen) atoms. The zero-order valence-electron chi connectivity index (χ0n) is 12.6. The van der Waals surface area contributed by atoms with Crippen molar-refractivity contribution in [3.63, 3.8) is 0 Å². The molecule has 0 radical (unpaired) electrons. The van der Waals surface area contributed by atoms with E-state index < -0.39 is 0 Å². The van der Waals surface area contributed by atoms with E-state index in [-0.39, 0.29) is 11.9 Å². The summed E-state index contributed by atoms with van der Waals surface area (Å²) >= 11 is 0. The third-order valence-electron chi connectivity index (χ3n) is 3.68. The summed E-state index contributed by atoms with van der Waals surface area (Å²) in [5.41, 5.74) is 7.34. The highest BCUT2D eigenvalue weighted by Gasteiger charge is 2.17. The third-order valence-corrected chi connectivity index (χ3v) is 3.68. The molecule has 0 amide bonds. The molecule has 1 rings (SSSR count). The number of hydrogen-bond donors (Lipinski definition) is 1. The van der Waals surface area contributed by atoms with E-state index in [0.717, 1.165) is 31.4 Å². The lowest BCUT2D eigenvalue weighted by molar-refractivity contribution is 0.563. The Morgan fingerprint density at radius 3 is 2.42 bits per heavy atom. The van der Waals surface area contributed by atoms with E-state index in [4.69, 9.17) is 5.73 Å². The average molecular weight is 266 g/mol. The first-order chi connectivity index (χ1) is 9.01. The number of unbranched alkanes of at least 4 members (excludes halogenated alkanes) is 1. The van der Waals surface area contributed by atoms with Gasteiger partial charge in [-0.2, -0.15) is 0 Å². The molecule has 0 saturated carbocycles. The summed E-state index contributed by atoms with van der Waals surface area (Å²) in [6.45, 7) is 9.22. The Bertz CT molecular complexity index is 390. The molecule has 2 nitrogen and oxygen atoms in total. The second kappa shape index (κ2) is 7.49. The largest absolute Gasteiger partial charge is 0.366 e. The minimum Gasteiger partial charge on any atom is -0.366 e. The molecule has 0 saturated heterocycles. The molecule has 108 valence electrons. The second-order valence-electron chi connectivity index (χ2n) is 5.30. The van der Waals surface area contributed by atoms with Crippen molar-refractivity contribution in [2.45, 2.75) is 59.0 Å². The summed E-state index contributed by atoms with van der Waals surface area (Å²) in [6, 6.07) is 5.60. The van der Waals surface area contributed by atoms with Crippen molar-refractivity contribution < 1.29 is 4.39 Å². The first-order valence-corrected chi connectivity index (χ1v) is 7.32. The topological polar surface area (TPSA) is 29.3 Å². The Morgan fingerprint density at radius 1 is 1.26 bits per heavy atom. The van der Waals surface area contributed by atoms with Crippen molar-refractivity contribution >= 4 is 5.69 Å². The second-order valence-corrected chi connectivity index (χ2v) is 5.30. The number of benzene rings is 1. The number of nitrogens with two attached hydrogens (primary N) is 1. The first kappa shape index (κ1) is 16.0. The molecule has 0 bridgehead atoms. The van der Waals surface area contributed by atoms with Gasteiger partial charge in [-0.05, 0) is 44.4 Å². The Hall–Kier alpha value is -1.09. The molecule has 1 aromatic rings. The number of anilines is 1. The average Bonchev–Trinajstić information content (AvgIpc) is 2.39. The highest BCUT2D eigenvalue weighted by atomic mass is 19.1. The van der Waals surface area contributed by atoms with Crippen LogP contribution in [-0.2, 0) is 0 Å². The predicted molar refractivity (Wildman–Crippen MR) is 81.0 cm³/mol. The molecule has 1 unspecified atom stereocenters. The molecular weight excluding hydrogens is 239 g/mol. The first-order valence-electron chi connectivity index (χ1n) is 7.32. The fourth-order valence-corrected chi connectivity index (χ4v) is 2.17. The van der Waals surface area contributed by atoms with E-state index >= 15 is 0 Å². The Morgan fingerprint density at radius 2 is 1.95 bits per heavy atom. The minimum atomic E-state index is -0.161. The summed E-state index contributed by atoms with van der Waals surface area (Å²) in [7, 11) is 0. The lowest BCUT2D eigenvalue weighted by atomic mass is 10.1. The van der Waals surface area contributed by atoms with Crippen LogP contribution in [0.2, 0.25) is 0 Å². The molecule has 0 heterocycles. The van der Waals surface area contributed by atoms with Crippen molar-refractivity contribution in [3.05, 3.63) is 29.6 Å². The lowest BCUT2D eigenvalue weighted by Crippen LogP contribution is -2.34. The lowest BCUT2D eigenvalue weighted by Gasteiger charge is -2.31. The van der Waals surface area contributed by atoms with Crippen LogP contribution >= 0.6 is 0 Å². The van der Waals surface area contributed by atoms with E-state index in [1.54, 1.807) is 6.07 Å². The number of rotatable bonds is 7. The van der Waals surface area contributed by atoms with Gasteiger partial charge in [-0.1, -0.05) is 26.3 Å².